The number of carbonyl (C=O) groups is 2. The summed E-state index contributed by atoms with van der Waals surface area (Å²) in [5.74, 6) is 0.325. The van der Waals surface area contributed by atoms with Crippen molar-refractivity contribution in [2.75, 3.05) is 46.2 Å². The Morgan fingerprint density at radius 1 is 1.18 bits per heavy atom. The first-order valence-corrected chi connectivity index (χ1v) is 12.9. The maximum absolute atomic E-state index is 13.8. The van der Waals surface area contributed by atoms with Crippen molar-refractivity contribution in [2.45, 2.75) is 32.4 Å². The summed E-state index contributed by atoms with van der Waals surface area (Å²) in [6, 6.07) is 11.0. The number of amides is 1. The number of pyridine rings is 1. The molecule has 0 radical (unpaired) electrons. The van der Waals surface area contributed by atoms with Crippen LogP contribution in [0, 0.1) is 0 Å². The van der Waals surface area contributed by atoms with E-state index in [9.17, 15) is 9.59 Å². The summed E-state index contributed by atoms with van der Waals surface area (Å²) >= 11 is 0. The zero-order chi connectivity index (χ0) is 28.1. The fourth-order valence-corrected chi connectivity index (χ4v) is 5.00. The summed E-state index contributed by atoms with van der Waals surface area (Å²) in [5.41, 5.74) is 3.14. The molecule has 0 saturated carbocycles. The van der Waals surface area contributed by atoms with Gasteiger partial charge in [-0.15, -0.1) is 0 Å². The van der Waals surface area contributed by atoms with Crippen LogP contribution in [0.5, 0.6) is 5.75 Å². The molecule has 0 spiro atoms. The topological polar surface area (TPSA) is 102 Å². The van der Waals surface area contributed by atoms with Crippen LogP contribution in [0.2, 0.25) is 0 Å². The van der Waals surface area contributed by atoms with Crippen molar-refractivity contribution >= 4 is 17.4 Å². The number of methoxy groups -OCH3 is 2. The molecule has 39 heavy (non-hydrogen) atoms. The Hall–Kier alpha value is -4.18. The summed E-state index contributed by atoms with van der Waals surface area (Å²) in [5, 5.41) is 7.74. The maximum Gasteiger partial charge on any atom is 0.254 e. The van der Waals surface area contributed by atoms with E-state index in [1.807, 2.05) is 60.0 Å². The summed E-state index contributed by atoms with van der Waals surface area (Å²) in [7, 11) is 4.95. The lowest BCUT2D eigenvalue weighted by atomic mass is 9.92. The molecule has 0 bridgehead atoms. The number of aromatic nitrogens is 3. The molecule has 3 aromatic rings. The summed E-state index contributed by atoms with van der Waals surface area (Å²) in [4.78, 5) is 35.2. The van der Waals surface area contributed by atoms with Gasteiger partial charge in [-0.25, -0.2) is 9.67 Å². The number of rotatable bonds is 10. The molecule has 2 atom stereocenters. The SMILES string of the molecule is C=C(C(=O)C(C)c1c(OC)cnc(-n2ccc(COC)n2)c1NC)N1CCN(C(=O)c2ccccc2)[C@H](C)C1. The molecule has 206 valence electrons. The Morgan fingerprint density at radius 2 is 1.92 bits per heavy atom. The van der Waals surface area contributed by atoms with Crippen LogP contribution in [0.25, 0.3) is 5.82 Å². The lowest BCUT2D eigenvalue weighted by molar-refractivity contribution is -0.118. The third-order valence-electron chi connectivity index (χ3n) is 7.09. The monoisotopic (exact) mass is 532 g/mol. The first-order valence-electron chi connectivity index (χ1n) is 12.9. The molecule has 10 nitrogen and oxygen atoms in total. The molecule has 1 amide bonds. The summed E-state index contributed by atoms with van der Waals surface area (Å²) < 4.78 is 12.5. The van der Waals surface area contributed by atoms with Crippen molar-refractivity contribution in [1.29, 1.82) is 0 Å². The number of anilines is 1. The molecule has 1 fully saturated rings. The van der Waals surface area contributed by atoms with Crippen LogP contribution in [-0.4, -0.2) is 83.2 Å². The second kappa shape index (κ2) is 12.1. The predicted octanol–water partition coefficient (Wildman–Crippen LogP) is 3.50. The molecule has 2 aromatic heterocycles. The Kier molecular flexibility index (Phi) is 8.65. The highest BCUT2D eigenvalue weighted by atomic mass is 16.5. The molecule has 1 unspecified atom stereocenters. The molecule has 1 aliphatic rings. The molecular formula is C29H36N6O4. The van der Waals surface area contributed by atoms with Crippen LogP contribution < -0.4 is 10.1 Å². The molecule has 10 heteroatoms. The Labute approximate surface area is 229 Å². The molecule has 1 aliphatic heterocycles. The van der Waals surface area contributed by atoms with Crippen LogP contribution >= 0.6 is 0 Å². The zero-order valence-electron chi connectivity index (χ0n) is 23.2. The normalized spacial score (nSPS) is 16.1. The van der Waals surface area contributed by atoms with Gasteiger partial charge in [-0.3, -0.25) is 9.59 Å². The van der Waals surface area contributed by atoms with Crippen molar-refractivity contribution in [2.24, 2.45) is 0 Å². The average molecular weight is 533 g/mol. The summed E-state index contributed by atoms with van der Waals surface area (Å²) in [6.45, 7) is 9.92. The minimum absolute atomic E-state index is 0.00644. The number of piperazine rings is 1. The molecular weight excluding hydrogens is 496 g/mol. The van der Waals surface area contributed by atoms with E-state index in [1.165, 1.54) is 0 Å². The van der Waals surface area contributed by atoms with Gasteiger partial charge in [0.2, 0.25) is 0 Å². The van der Waals surface area contributed by atoms with E-state index in [1.54, 1.807) is 38.3 Å². The van der Waals surface area contributed by atoms with Gasteiger partial charge in [0.1, 0.15) is 5.75 Å². The molecule has 1 saturated heterocycles. The number of ether oxygens (including phenoxy) is 2. The van der Waals surface area contributed by atoms with Gasteiger partial charge in [-0.2, -0.15) is 5.10 Å². The highest BCUT2D eigenvalue weighted by molar-refractivity contribution is 6.01. The van der Waals surface area contributed by atoms with E-state index in [0.29, 0.717) is 60.3 Å². The number of Topliss-reactive ketones (excluding diaryl/α,β-unsaturated/α-hetero) is 1. The number of nitrogens with one attached hydrogen (secondary N) is 1. The second-order valence-corrected chi connectivity index (χ2v) is 9.57. The number of nitrogens with zero attached hydrogens (tertiary/aromatic N) is 5. The van der Waals surface area contributed by atoms with Crippen LogP contribution in [0.3, 0.4) is 0 Å². The Morgan fingerprint density at radius 3 is 2.56 bits per heavy atom. The molecule has 1 N–H and O–H groups in total. The van der Waals surface area contributed by atoms with Crippen LogP contribution in [0.4, 0.5) is 5.69 Å². The minimum Gasteiger partial charge on any atom is -0.495 e. The van der Waals surface area contributed by atoms with Gasteiger partial charge >= 0.3 is 0 Å². The summed E-state index contributed by atoms with van der Waals surface area (Å²) in [6.07, 6.45) is 3.41. The maximum atomic E-state index is 13.8. The van der Waals surface area contributed by atoms with Gasteiger partial charge in [0.05, 0.1) is 42.9 Å². The van der Waals surface area contributed by atoms with E-state index >= 15 is 0 Å². The number of allylic oxidation sites excluding steroid dienone is 1. The number of hydrogen-bond acceptors (Lipinski definition) is 8. The quantitative estimate of drug-likeness (QED) is 0.396. The van der Waals surface area contributed by atoms with E-state index < -0.39 is 5.92 Å². The third kappa shape index (κ3) is 5.65. The molecule has 4 rings (SSSR count). The van der Waals surface area contributed by atoms with Crippen molar-refractivity contribution < 1.29 is 19.1 Å². The number of benzene rings is 1. The van der Waals surface area contributed by atoms with Gasteiger partial charge in [0.15, 0.2) is 11.6 Å². The highest BCUT2D eigenvalue weighted by Gasteiger charge is 2.33. The number of ketones is 1. The third-order valence-corrected chi connectivity index (χ3v) is 7.09. The highest BCUT2D eigenvalue weighted by Crippen LogP contribution is 2.38. The van der Waals surface area contributed by atoms with Crippen molar-refractivity contribution in [1.82, 2.24) is 24.6 Å². The lowest BCUT2D eigenvalue weighted by Crippen LogP contribution is -2.54. The van der Waals surface area contributed by atoms with Crippen molar-refractivity contribution in [3.05, 3.63) is 77.9 Å². The van der Waals surface area contributed by atoms with Crippen LogP contribution in [-0.2, 0) is 16.1 Å². The number of hydrogen-bond donors (Lipinski definition) is 1. The van der Waals surface area contributed by atoms with E-state index in [2.05, 4.69) is 22.0 Å². The van der Waals surface area contributed by atoms with Gasteiger partial charge in [-0.1, -0.05) is 31.7 Å². The standard InChI is InChI=1S/C29H36N6O4/c1-19-17-33(14-15-34(19)29(37)22-10-8-7-9-11-22)21(3)27(36)20(2)25-24(39-6)16-31-28(26(25)30-4)35-13-12-23(32-35)18-38-5/h7-13,16,19-20,30H,3,14-15,17-18H2,1-2,4-6H3/t19-,20?/m1/s1. The molecule has 1 aromatic carbocycles. The zero-order valence-corrected chi connectivity index (χ0v) is 23.2. The van der Waals surface area contributed by atoms with E-state index in [4.69, 9.17) is 9.47 Å². The number of carbonyl (C=O) groups excluding carboxylic acids is 2. The first-order chi connectivity index (χ1) is 18.8. The molecule has 3 heterocycles. The van der Waals surface area contributed by atoms with Gasteiger partial charge < -0.3 is 24.6 Å². The largest absolute Gasteiger partial charge is 0.495 e. The van der Waals surface area contributed by atoms with E-state index in [0.717, 1.165) is 5.69 Å². The smallest absolute Gasteiger partial charge is 0.254 e. The average Bonchev–Trinajstić information content (AvgIpc) is 3.43. The Bertz CT molecular complexity index is 1340. The van der Waals surface area contributed by atoms with Crippen molar-refractivity contribution in [3.63, 3.8) is 0 Å². The minimum atomic E-state index is -0.579. The second-order valence-electron chi connectivity index (χ2n) is 9.57. The van der Waals surface area contributed by atoms with Crippen molar-refractivity contribution in [3.8, 4) is 11.6 Å². The predicted molar refractivity (Wildman–Crippen MR) is 149 cm³/mol. The lowest BCUT2D eigenvalue weighted by Gasteiger charge is -2.41. The fourth-order valence-electron chi connectivity index (χ4n) is 5.00. The first kappa shape index (κ1) is 27.8. The molecule has 0 aliphatic carbocycles. The van der Waals surface area contributed by atoms with Gasteiger partial charge in [0.25, 0.3) is 5.91 Å². The van der Waals surface area contributed by atoms with Crippen LogP contribution in [0.15, 0.2) is 61.1 Å². The fraction of sp³-hybridized carbons (Fsp3) is 0.379. The van der Waals surface area contributed by atoms with E-state index in [-0.39, 0.29) is 17.7 Å². The van der Waals surface area contributed by atoms with Crippen LogP contribution in [0.1, 0.15) is 41.4 Å². The van der Waals surface area contributed by atoms with Gasteiger partial charge in [-0.05, 0) is 25.1 Å². The van der Waals surface area contributed by atoms with Gasteiger partial charge in [0, 0.05) is 57.2 Å². The Balaban J connectivity index is 1.55.